The standard InChI is InChI=1S/C12H22FNO3/c1-4-12(2)8-14(10(16)5-6-15)7-9(13)11(12)17-3/h9,11,15H,4-8H2,1-3H3/t9-,11-,12?/m1/s1. The van der Waals surface area contributed by atoms with Crippen molar-refractivity contribution < 1.29 is 19.0 Å². The molecule has 3 atom stereocenters. The topological polar surface area (TPSA) is 49.8 Å². The monoisotopic (exact) mass is 247 g/mol. The number of amides is 1. The van der Waals surface area contributed by atoms with E-state index in [0.717, 1.165) is 6.42 Å². The van der Waals surface area contributed by atoms with Crippen LogP contribution in [-0.4, -0.2) is 55.0 Å². The Bertz CT molecular complexity index is 274. The lowest BCUT2D eigenvalue weighted by molar-refractivity contribution is -0.149. The van der Waals surface area contributed by atoms with E-state index >= 15 is 0 Å². The first-order valence-electron chi connectivity index (χ1n) is 6.04. The zero-order valence-electron chi connectivity index (χ0n) is 10.8. The average molecular weight is 247 g/mol. The Kier molecular flexibility index (Phi) is 4.89. The maximum atomic E-state index is 14.0. The Balaban J connectivity index is 2.80. The van der Waals surface area contributed by atoms with Gasteiger partial charge in [0.1, 0.15) is 6.17 Å². The van der Waals surface area contributed by atoms with Crippen LogP contribution < -0.4 is 0 Å². The fraction of sp³-hybridized carbons (Fsp3) is 0.917. The number of aliphatic hydroxyl groups excluding tert-OH is 1. The molecule has 1 saturated heterocycles. The molecule has 1 fully saturated rings. The number of carbonyl (C=O) groups excluding carboxylic acids is 1. The number of methoxy groups -OCH3 is 1. The van der Waals surface area contributed by atoms with Crippen molar-refractivity contribution in [2.24, 2.45) is 5.41 Å². The summed E-state index contributed by atoms with van der Waals surface area (Å²) in [6, 6.07) is 0. The Morgan fingerprint density at radius 2 is 2.29 bits per heavy atom. The third-order valence-electron chi connectivity index (χ3n) is 3.70. The molecular formula is C12H22FNO3. The van der Waals surface area contributed by atoms with E-state index in [4.69, 9.17) is 9.84 Å². The van der Waals surface area contributed by atoms with E-state index in [2.05, 4.69) is 0 Å². The minimum atomic E-state index is -1.17. The van der Waals surface area contributed by atoms with Crippen LogP contribution >= 0.6 is 0 Å². The van der Waals surface area contributed by atoms with Gasteiger partial charge in [-0.3, -0.25) is 4.79 Å². The zero-order valence-corrected chi connectivity index (χ0v) is 10.8. The van der Waals surface area contributed by atoms with Crippen molar-refractivity contribution in [3.05, 3.63) is 0 Å². The second-order valence-electron chi connectivity index (χ2n) is 4.93. The second-order valence-corrected chi connectivity index (χ2v) is 4.93. The lowest BCUT2D eigenvalue weighted by Crippen LogP contribution is -2.58. The number of rotatable bonds is 4. The number of nitrogens with zero attached hydrogens (tertiary/aromatic N) is 1. The first kappa shape index (κ1) is 14.4. The SMILES string of the molecule is CCC1(C)CN(C(=O)CCO)C[C@@H](F)[C@H]1OC. The lowest BCUT2D eigenvalue weighted by Gasteiger charge is -2.46. The first-order valence-corrected chi connectivity index (χ1v) is 6.04. The van der Waals surface area contributed by atoms with Gasteiger partial charge in [-0.15, -0.1) is 0 Å². The quantitative estimate of drug-likeness (QED) is 0.805. The molecule has 0 spiro atoms. The van der Waals surface area contributed by atoms with E-state index in [1.807, 2.05) is 13.8 Å². The van der Waals surface area contributed by atoms with E-state index in [-0.39, 0.29) is 30.9 Å². The minimum absolute atomic E-state index is 0.0597. The molecule has 0 saturated carbocycles. The lowest BCUT2D eigenvalue weighted by atomic mass is 9.76. The summed E-state index contributed by atoms with van der Waals surface area (Å²) in [5, 5.41) is 8.75. The van der Waals surface area contributed by atoms with Gasteiger partial charge in [0.05, 0.1) is 19.3 Å². The molecule has 1 amide bonds. The van der Waals surface area contributed by atoms with Crippen LogP contribution in [-0.2, 0) is 9.53 Å². The zero-order chi connectivity index (χ0) is 13.1. The molecule has 1 rings (SSSR count). The van der Waals surface area contributed by atoms with E-state index in [9.17, 15) is 9.18 Å². The summed E-state index contributed by atoms with van der Waals surface area (Å²) in [6.45, 7) is 4.27. The van der Waals surface area contributed by atoms with Crippen molar-refractivity contribution in [1.29, 1.82) is 0 Å². The van der Waals surface area contributed by atoms with Gasteiger partial charge in [-0.25, -0.2) is 4.39 Å². The molecule has 100 valence electrons. The van der Waals surface area contributed by atoms with E-state index < -0.39 is 12.3 Å². The number of hydrogen-bond acceptors (Lipinski definition) is 3. The molecule has 17 heavy (non-hydrogen) atoms. The average Bonchev–Trinajstić information content (AvgIpc) is 2.29. The summed E-state index contributed by atoms with van der Waals surface area (Å²) >= 11 is 0. The molecule has 1 heterocycles. The molecule has 0 aromatic rings. The van der Waals surface area contributed by atoms with Gasteiger partial charge in [0.25, 0.3) is 0 Å². The van der Waals surface area contributed by atoms with Gasteiger partial charge < -0.3 is 14.7 Å². The normalized spacial score (nSPS) is 33.8. The Labute approximate surface area is 102 Å². The molecule has 4 nitrogen and oxygen atoms in total. The number of likely N-dealkylation sites (tertiary alicyclic amines) is 1. The van der Waals surface area contributed by atoms with Gasteiger partial charge in [-0.2, -0.15) is 0 Å². The molecule has 0 aromatic carbocycles. The smallest absolute Gasteiger partial charge is 0.224 e. The van der Waals surface area contributed by atoms with Crippen molar-refractivity contribution >= 4 is 5.91 Å². The molecule has 1 N–H and O–H groups in total. The van der Waals surface area contributed by atoms with Crippen LogP contribution in [0.15, 0.2) is 0 Å². The Morgan fingerprint density at radius 1 is 1.65 bits per heavy atom. The highest BCUT2D eigenvalue weighted by molar-refractivity contribution is 5.76. The fourth-order valence-corrected chi connectivity index (χ4v) is 2.52. The summed E-state index contributed by atoms with van der Waals surface area (Å²) in [4.78, 5) is 13.2. The number of halogens is 1. The molecular weight excluding hydrogens is 225 g/mol. The van der Waals surface area contributed by atoms with Crippen LogP contribution in [0.25, 0.3) is 0 Å². The van der Waals surface area contributed by atoms with Crippen LogP contribution in [0.1, 0.15) is 26.7 Å². The highest BCUT2D eigenvalue weighted by Crippen LogP contribution is 2.36. The fourth-order valence-electron chi connectivity index (χ4n) is 2.52. The highest BCUT2D eigenvalue weighted by atomic mass is 19.1. The van der Waals surface area contributed by atoms with Crippen molar-refractivity contribution in [2.75, 3.05) is 26.8 Å². The van der Waals surface area contributed by atoms with Crippen molar-refractivity contribution in [3.63, 3.8) is 0 Å². The minimum Gasteiger partial charge on any atom is -0.396 e. The highest BCUT2D eigenvalue weighted by Gasteiger charge is 2.45. The van der Waals surface area contributed by atoms with E-state index in [1.165, 1.54) is 12.0 Å². The number of aliphatic hydroxyl groups is 1. The second kappa shape index (κ2) is 5.78. The molecule has 1 aliphatic heterocycles. The maximum Gasteiger partial charge on any atom is 0.224 e. The van der Waals surface area contributed by atoms with Crippen LogP contribution in [0.3, 0.4) is 0 Å². The van der Waals surface area contributed by atoms with Gasteiger partial charge in [0.2, 0.25) is 5.91 Å². The summed E-state index contributed by atoms with van der Waals surface area (Å²) in [7, 11) is 1.51. The molecule has 5 heteroatoms. The van der Waals surface area contributed by atoms with Crippen molar-refractivity contribution in [3.8, 4) is 0 Å². The Morgan fingerprint density at radius 3 is 2.76 bits per heavy atom. The summed E-state index contributed by atoms with van der Waals surface area (Å²) < 4.78 is 19.2. The van der Waals surface area contributed by atoms with Crippen LogP contribution in [0.2, 0.25) is 0 Å². The predicted octanol–water partition coefficient (Wildman–Crippen LogP) is 0.980. The first-order chi connectivity index (χ1) is 7.98. The summed E-state index contributed by atoms with van der Waals surface area (Å²) in [6.07, 6.45) is -0.828. The van der Waals surface area contributed by atoms with Crippen LogP contribution in [0, 0.1) is 5.41 Å². The number of carbonyl (C=O) groups is 1. The molecule has 0 radical (unpaired) electrons. The number of alkyl halides is 1. The van der Waals surface area contributed by atoms with E-state index in [1.54, 1.807) is 0 Å². The maximum absolute atomic E-state index is 14.0. The summed E-state index contributed by atoms with van der Waals surface area (Å²) in [5.74, 6) is -0.190. The van der Waals surface area contributed by atoms with Gasteiger partial charge in [-0.05, 0) is 6.42 Å². The summed E-state index contributed by atoms with van der Waals surface area (Å²) in [5.41, 5.74) is -0.364. The van der Waals surface area contributed by atoms with Crippen molar-refractivity contribution in [2.45, 2.75) is 39.0 Å². The molecule has 0 bridgehead atoms. The predicted molar refractivity (Wildman–Crippen MR) is 62.4 cm³/mol. The van der Waals surface area contributed by atoms with Gasteiger partial charge in [0, 0.05) is 25.5 Å². The van der Waals surface area contributed by atoms with Crippen LogP contribution in [0.4, 0.5) is 4.39 Å². The van der Waals surface area contributed by atoms with Gasteiger partial charge in [-0.1, -0.05) is 13.8 Å². The molecule has 0 aromatic heterocycles. The molecule has 1 aliphatic rings. The van der Waals surface area contributed by atoms with Gasteiger partial charge >= 0.3 is 0 Å². The number of hydrogen-bond donors (Lipinski definition) is 1. The largest absolute Gasteiger partial charge is 0.396 e. The molecule has 1 unspecified atom stereocenters. The molecule has 0 aliphatic carbocycles. The van der Waals surface area contributed by atoms with Crippen molar-refractivity contribution in [1.82, 2.24) is 4.90 Å². The number of ether oxygens (including phenoxy) is 1. The third-order valence-corrected chi connectivity index (χ3v) is 3.70. The third kappa shape index (κ3) is 2.96. The van der Waals surface area contributed by atoms with E-state index in [0.29, 0.717) is 6.54 Å². The Hall–Kier alpha value is -0.680. The number of piperidine rings is 1. The van der Waals surface area contributed by atoms with Gasteiger partial charge in [0.15, 0.2) is 0 Å². The van der Waals surface area contributed by atoms with Crippen LogP contribution in [0.5, 0.6) is 0 Å².